The van der Waals surface area contributed by atoms with Gasteiger partial charge in [0.05, 0.1) is 18.9 Å². The average Bonchev–Trinajstić information content (AvgIpc) is 3.16. The van der Waals surface area contributed by atoms with Gasteiger partial charge >= 0.3 is 0 Å². The maximum Gasteiger partial charge on any atom is 0.128 e. The molecule has 0 spiro atoms. The van der Waals surface area contributed by atoms with Gasteiger partial charge < -0.3 is 9.67 Å². The molecule has 0 bridgehead atoms. The molecule has 0 amide bonds. The van der Waals surface area contributed by atoms with Gasteiger partial charge in [0.25, 0.3) is 0 Å². The number of aliphatic hydroxyl groups is 1. The highest BCUT2D eigenvalue weighted by atomic mass is 35.5. The van der Waals surface area contributed by atoms with Crippen LogP contribution in [0.1, 0.15) is 37.8 Å². The maximum atomic E-state index is 10.9. The van der Waals surface area contributed by atoms with E-state index in [4.69, 9.17) is 11.6 Å². The first-order chi connectivity index (χ1) is 10.4. The Bertz CT molecular complexity index is 666. The molecule has 0 aliphatic carbocycles. The Balaban J connectivity index is 1.71. The van der Waals surface area contributed by atoms with Crippen molar-refractivity contribution in [3.8, 4) is 0 Å². The Hall–Kier alpha value is -1.44. The van der Waals surface area contributed by atoms with Crippen molar-refractivity contribution in [1.29, 1.82) is 0 Å². The summed E-state index contributed by atoms with van der Waals surface area (Å²) in [6.45, 7) is 6.04. The van der Waals surface area contributed by atoms with E-state index in [9.17, 15) is 5.11 Å². The average molecular weight is 325 g/mol. The Morgan fingerprint density at radius 2 is 2.23 bits per heavy atom. The molecule has 1 atom stereocenters. The first-order valence-electron chi connectivity index (χ1n) is 7.42. The van der Waals surface area contributed by atoms with Crippen LogP contribution in [-0.4, -0.2) is 47.6 Å². The fourth-order valence-corrected chi connectivity index (χ4v) is 2.87. The summed E-state index contributed by atoms with van der Waals surface area (Å²) in [6.07, 6.45) is 4.13. The lowest BCUT2D eigenvalue weighted by Crippen LogP contribution is -2.31. The van der Waals surface area contributed by atoms with Crippen LogP contribution < -0.4 is 0 Å². The molecule has 22 heavy (non-hydrogen) atoms. The quantitative estimate of drug-likeness (QED) is 0.919. The standard InChI is InChI=1S/C14H21ClN6O/c1-10(2)21-7-11(17-18-21)14(22)4-5-20(9-14)8-13-16-6-12(15)19(13)3/h6-7,10,22H,4-5,8-9H2,1-3H3/t14-/m1/s1. The maximum absolute atomic E-state index is 10.9. The van der Waals surface area contributed by atoms with Crippen LogP contribution in [0.15, 0.2) is 12.4 Å². The van der Waals surface area contributed by atoms with E-state index in [2.05, 4.69) is 20.2 Å². The van der Waals surface area contributed by atoms with Crippen molar-refractivity contribution in [2.24, 2.45) is 7.05 Å². The summed E-state index contributed by atoms with van der Waals surface area (Å²) in [5.74, 6) is 0.889. The highest BCUT2D eigenvalue weighted by Crippen LogP contribution is 2.31. The topological polar surface area (TPSA) is 72.0 Å². The Kier molecular flexibility index (Phi) is 3.96. The smallest absolute Gasteiger partial charge is 0.128 e. The van der Waals surface area contributed by atoms with Crippen LogP contribution in [0.4, 0.5) is 0 Å². The number of nitrogens with zero attached hydrogens (tertiary/aromatic N) is 6. The van der Waals surface area contributed by atoms with Crippen molar-refractivity contribution in [1.82, 2.24) is 29.4 Å². The molecule has 1 fully saturated rings. The predicted molar refractivity (Wildman–Crippen MR) is 82.4 cm³/mol. The fourth-order valence-electron chi connectivity index (χ4n) is 2.73. The van der Waals surface area contributed by atoms with Crippen molar-refractivity contribution < 1.29 is 5.11 Å². The first-order valence-corrected chi connectivity index (χ1v) is 7.80. The van der Waals surface area contributed by atoms with Crippen molar-refractivity contribution in [3.63, 3.8) is 0 Å². The SMILES string of the molecule is CC(C)n1cc([C@@]2(O)CCN(Cc3ncc(Cl)n3C)C2)nn1. The second kappa shape index (κ2) is 5.64. The number of β-amino-alcohol motifs (C(OH)–C–C–N with tert-alkyl or cyclic N) is 1. The lowest BCUT2D eigenvalue weighted by molar-refractivity contribution is 0.0404. The van der Waals surface area contributed by atoms with Gasteiger partial charge in [-0.05, 0) is 20.3 Å². The number of hydrogen-bond donors (Lipinski definition) is 1. The van der Waals surface area contributed by atoms with E-state index in [-0.39, 0.29) is 6.04 Å². The fraction of sp³-hybridized carbons (Fsp3) is 0.643. The largest absolute Gasteiger partial charge is 0.382 e. The molecule has 0 aromatic carbocycles. The third-order valence-electron chi connectivity index (χ3n) is 4.24. The molecule has 0 unspecified atom stereocenters. The molecule has 3 heterocycles. The summed E-state index contributed by atoms with van der Waals surface area (Å²) in [5, 5.41) is 19.7. The number of rotatable bonds is 4. The van der Waals surface area contributed by atoms with Gasteiger partial charge in [0.15, 0.2) is 0 Å². The zero-order chi connectivity index (χ0) is 15.9. The van der Waals surface area contributed by atoms with Gasteiger partial charge in [-0.15, -0.1) is 5.10 Å². The number of halogens is 1. The molecule has 1 aliphatic heterocycles. The molecule has 2 aromatic rings. The summed E-state index contributed by atoms with van der Waals surface area (Å²) < 4.78 is 3.63. The second-order valence-electron chi connectivity index (χ2n) is 6.23. The molecular weight excluding hydrogens is 304 g/mol. The minimum absolute atomic E-state index is 0.233. The van der Waals surface area contributed by atoms with Crippen LogP contribution >= 0.6 is 11.6 Å². The van der Waals surface area contributed by atoms with Gasteiger partial charge in [-0.3, -0.25) is 4.90 Å². The molecule has 2 aromatic heterocycles. The van der Waals surface area contributed by atoms with Gasteiger partial charge in [0, 0.05) is 26.2 Å². The van der Waals surface area contributed by atoms with Crippen molar-refractivity contribution in [2.45, 2.75) is 38.5 Å². The van der Waals surface area contributed by atoms with E-state index in [1.165, 1.54) is 0 Å². The third-order valence-corrected chi connectivity index (χ3v) is 4.59. The lowest BCUT2D eigenvalue weighted by atomic mass is 10.00. The molecular formula is C14H21ClN6O. The van der Waals surface area contributed by atoms with E-state index in [1.807, 2.05) is 31.7 Å². The monoisotopic (exact) mass is 324 g/mol. The molecule has 3 rings (SSSR count). The Morgan fingerprint density at radius 3 is 2.82 bits per heavy atom. The van der Waals surface area contributed by atoms with Crippen LogP contribution in [0.3, 0.4) is 0 Å². The molecule has 1 aliphatic rings. The minimum Gasteiger partial charge on any atom is -0.382 e. The summed E-state index contributed by atoms with van der Waals surface area (Å²) in [7, 11) is 1.89. The van der Waals surface area contributed by atoms with Gasteiger partial charge in [-0.1, -0.05) is 16.8 Å². The normalized spacial score (nSPS) is 22.8. The summed E-state index contributed by atoms with van der Waals surface area (Å²) in [5.41, 5.74) is -0.302. The van der Waals surface area contributed by atoms with E-state index in [0.717, 1.165) is 12.4 Å². The Morgan fingerprint density at radius 1 is 1.45 bits per heavy atom. The van der Waals surface area contributed by atoms with Crippen LogP contribution in [0.5, 0.6) is 0 Å². The van der Waals surface area contributed by atoms with Crippen LogP contribution in [-0.2, 0) is 19.2 Å². The van der Waals surface area contributed by atoms with Gasteiger partial charge in [0.1, 0.15) is 22.3 Å². The number of likely N-dealkylation sites (tertiary alicyclic amines) is 1. The van der Waals surface area contributed by atoms with E-state index in [1.54, 1.807) is 10.9 Å². The number of aromatic nitrogens is 5. The van der Waals surface area contributed by atoms with Gasteiger partial charge in [-0.2, -0.15) is 0 Å². The highest BCUT2D eigenvalue weighted by Gasteiger charge is 2.40. The molecule has 0 radical (unpaired) electrons. The highest BCUT2D eigenvalue weighted by molar-refractivity contribution is 6.29. The third kappa shape index (κ3) is 2.76. The summed E-state index contributed by atoms with van der Waals surface area (Å²) >= 11 is 6.01. The molecule has 0 saturated carbocycles. The zero-order valence-corrected chi connectivity index (χ0v) is 13.8. The van der Waals surface area contributed by atoms with Gasteiger partial charge in [-0.25, -0.2) is 9.67 Å². The lowest BCUT2D eigenvalue weighted by Gasteiger charge is -2.21. The summed E-state index contributed by atoms with van der Waals surface area (Å²) in [4.78, 5) is 6.46. The van der Waals surface area contributed by atoms with Crippen LogP contribution in [0, 0.1) is 0 Å². The van der Waals surface area contributed by atoms with Crippen molar-refractivity contribution in [2.75, 3.05) is 13.1 Å². The van der Waals surface area contributed by atoms with Crippen LogP contribution in [0.2, 0.25) is 5.15 Å². The van der Waals surface area contributed by atoms with E-state index in [0.29, 0.717) is 30.4 Å². The zero-order valence-electron chi connectivity index (χ0n) is 13.1. The molecule has 120 valence electrons. The molecule has 7 nitrogen and oxygen atoms in total. The number of imidazole rings is 1. The van der Waals surface area contributed by atoms with Crippen molar-refractivity contribution >= 4 is 11.6 Å². The Labute approximate surface area is 134 Å². The predicted octanol–water partition coefficient (Wildman–Crippen LogP) is 1.34. The van der Waals surface area contributed by atoms with Gasteiger partial charge in [0.2, 0.25) is 0 Å². The minimum atomic E-state index is -0.942. The molecule has 1 saturated heterocycles. The first kappa shape index (κ1) is 15.5. The molecule has 8 heteroatoms. The van der Waals surface area contributed by atoms with Crippen LogP contribution in [0.25, 0.3) is 0 Å². The second-order valence-corrected chi connectivity index (χ2v) is 6.61. The molecule has 1 N–H and O–H groups in total. The summed E-state index contributed by atoms with van der Waals surface area (Å²) in [6, 6.07) is 0.233. The van der Waals surface area contributed by atoms with E-state index < -0.39 is 5.60 Å². The van der Waals surface area contributed by atoms with Crippen molar-refractivity contribution in [3.05, 3.63) is 29.1 Å². The van der Waals surface area contributed by atoms with E-state index >= 15 is 0 Å². The number of hydrogen-bond acceptors (Lipinski definition) is 5.